The Balaban J connectivity index is 1.02. The third-order valence-corrected chi connectivity index (χ3v) is 17.6. The summed E-state index contributed by atoms with van der Waals surface area (Å²) in [6.07, 6.45) is 10.0. The summed E-state index contributed by atoms with van der Waals surface area (Å²) >= 11 is 0. The van der Waals surface area contributed by atoms with Crippen LogP contribution in [-0.4, -0.2) is 63.5 Å². The van der Waals surface area contributed by atoms with Gasteiger partial charge in [0.05, 0.1) is 5.41 Å². The van der Waals surface area contributed by atoms with Crippen LogP contribution in [0.1, 0.15) is 91.0 Å². The molecular weight excluding hydrogens is 607 g/mol. The Morgan fingerprint density at radius 2 is 1.40 bits per heavy atom. The lowest BCUT2D eigenvalue weighted by atomic mass is 9.72. The second kappa shape index (κ2) is 13.4. The molecule has 4 fully saturated rings. The van der Waals surface area contributed by atoms with E-state index in [1.165, 1.54) is 53.9 Å². The summed E-state index contributed by atoms with van der Waals surface area (Å²) in [5.41, 5.74) is 3.38. The Bertz CT molecular complexity index is 1520. The second-order valence-electron chi connectivity index (χ2n) is 16.4. The van der Waals surface area contributed by atoms with Gasteiger partial charge in [0.2, 0.25) is 5.91 Å². The first-order chi connectivity index (χ1) is 23.1. The summed E-state index contributed by atoms with van der Waals surface area (Å²) in [5, 5.41) is 2.62. The first-order valence-corrected chi connectivity index (χ1v) is 20.7. The Morgan fingerprint density at radius 1 is 0.771 bits per heavy atom. The maximum atomic E-state index is 14.3. The average Bonchev–Trinajstić information content (AvgIpc) is 3.67. The normalized spacial score (nSPS) is 26.1. The minimum atomic E-state index is -2.61. The summed E-state index contributed by atoms with van der Waals surface area (Å²) < 4.78 is 7.50. The van der Waals surface area contributed by atoms with Gasteiger partial charge in [0, 0.05) is 49.2 Å². The van der Waals surface area contributed by atoms with Crippen LogP contribution >= 0.6 is 0 Å². The molecule has 1 saturated carbocycles. The van der Waals surface area contributed by atoms with Crippen molar-refractivity contribution in [1.29, 1.82) is 0 Å². The average molecular weight is 664 g/mol. The largest absolute Gasteiger partial charge is 0.404 e. The number of amides is 1. The fraction of sp³-hybridized carbons (Fsp3) is 0.548. The summed E-state index contributed by atoms with van der Waals surface area (Å²) in [6, 6.07) is 30.3. The molecule has 3 aromatic carbocycles. The van der Waals surface area contributed by atoms with Gasteiger partial charge in [0.15, 0.2) is 0 Å². The number of nitrogens with zero attached hydrogens (tertiary/aromatic N) is 3. The van der Waals surface area contributed by atoms with Crippen LogP contribution in [0.4, 0.5) is 11.4 Å². The highest BCUT2D eigenvalue weighted by atomic mass is 28.4. The van der Waals surface area contributed by atoms with Crippen LogP contribution in [0.2, 0.25) is 5.04 Å². The third-order valence-electron chi connectivity index (χ3n) is 12.5. The highest BCUT2D eigenvalue weighted by Crippen LogP contribution is 2.49. The number of rotatable bonds is 7. The molecule has 0 unspecified atom stereocenters. The zero-order chi connectivity index (χ0) is 33.5. The van der Waals surface area contributed by atoms with Crippen molar-refractivity contribution < 1.29 is 9.22 Å². The Kier molecular flexibility index (Phi) is 9.38. The van der Waals surface area contributed by atoms with Crippen molar-refractivity contribution in [2.24, 2.45) is 5.41 Å². The Morgan fingerprint density at radius 3 is 1.94 bits per heavy atom. The fourth-order valence-corrected chi connectivity index (χ4v) is 14.6. The molecule has 7 rings (SSSR count). The molecule has 3 saturated heterocycles. The lowest BCUT2D eigenvalue weighted by Crippen LogP contribution is -2.68. The van der Waals surface area contributed by atoms with Gasteiger partial charge < -0.3 is 14.2 Å². The van der Waals surface area contributed by atoms with Gasteiger partial charge in [-0.25, -0.2) is 0 Å². The van der Waals surface area contributed by atoms with E-state index in [1.807, 2.05) is 0 Å². The van der Waals surface area contributed by atoms with Gasteiger partial charge in [-0.05, 0) is 117 Å². The molecule has 1 amide bonds. The first kappa shape index (κ1) is 33.6. The van der Waals surface area contributed by atoms with Crippen molar-refractivity contribution in [2.45, 2.75) is 116 Å². The van der Waals surface area contributed by atoms with E-state index in [0.29, 0.717) is 5.91 Å². The van der Waals surface area contributed by atoms with Crippen molar-refractivity contribution in [2.75, 3.05) is 36.0 Å². The number of aryl methyl sites for hydroxylation is 1. The molecule has 6 heteroatoms. The fourth-order valence-electron chi connectivity index (χ4n) is 9.81. The van der Waals surface area contributed by atoms with E-state index in [2.05, 4.69) is 128 Å². The van der Waals surface area contributed by atoms with Crippen molar-refractivity contribution >= 4 is 36.0 Å². The Hall–Kier alpha value is -2.93. The summed E-state index contributed by atoms with van der Waals surface area (Å²) in [6.45, 7) is 16.0. The minimum Gasteiger partial charge on any atom is -0.404 e. The van der Waals surface area contributed by atoms with Crippen LogP contribution in [0.5, 0.6) is 0 Å². The molecule has 1 aliphatic carbocycles. The first-order valence-electron chi connectivity index (χ1n) is 18.8. The molecule has 3 aromatic rings. The molecule has 0 bridgehead atoms. The maximum absolute atomic E-state index is 14.3. The maximum Gasteiger partial charge on any atom is 0.261 e. The lowest BCUT2D eigenvalue weighted by molar-refractivity contribution is -0.128. The molecule has 1 spiro atoms. The van der Waals surface area contributed by atoms with E-state index < -0.39 is 8.32 Å². The van der Waals surface area contributed by atoms with Crippen LogP contribution in [-0.2, 0) is 9.22 Å². The lowest BCUT2D eigenvalue weighted by Gasteiger charge is -2.47. The number of carbonyl (C=O) groups excluding carboxylic acids is 1. The zero-order valence-electron chi connectivity index (χ0n) is 30.1. The molecule has 0 radical (unpaired) electrons. The molecule has 4 aliphatic rings. The van der Waals surface area contributed by atoms with Crippen LogP contribution in [0.3, 0.4) is 0 Å². The van der Waals surface area contributed by atoms with Gasteiger partial charge in [0.25, 0.3) is 8.32 Å². The monoisotopic (exact) mass is 663 g/mol. The molecule has 48 heavy (non-hydrogen) atoms. The summed E-state index contributed by atoms with van der Waals surface area (Å²) in [7, 11) is -2.61. The van der Waals surface area contributed by atoms with E-state index in [1.54, 1.807) is 0 Å². The van der Waals surface area contributed by atoms with Gasteiger partial charge in [-0.15, -0.1) is 0 Å². The third kappa shape index (κ3) is 6.07. The Labute approximate surface area is 290 Å². The smallest absolute Gasteiger partial charge is 0.261 e. The van der Waals surface area contributed by atoms with Gasteiger partial charge in [-0.2, -0.15) is 0 Å². The van der Waals surface area contributed by atoms with Crippen LogP contribution < -0.4 is 20.2 Å². The van der Waals surface area contributed by atoms with Crippen LogP contribution in [0, 0.1) is 12.3 Å². The van der Waals surface area contributed by atoms with Gasteiger partial charge in [-0.1, -0.05) is 81.4 Å². The van der Waals surface area contributed by atoms with Crippen LogP contribution in [0.25, 0.3) is 0 Å². The molecular formula is C42H57N3O2Si. The van der Waals surface area contributed by atoms with Gasteiger partial charge >= 0.3 is 0 Å². The number of benzene rings is 3. The van der Waals surface area contributed by atoms with E-state index in [-0.39, 0.29) is 16.6 Å². The number of carbonyl (C=O) groups is 1. The molecule has 0 aromatic heterocycles. The second-order valence-corrected chi connectivity index (χ2v) is 20.6. The van der Waals surface area contributed by atoms with Crippen molar-refractivity contribution in [3.8, 4) is 0 Å². The molecule has 256 valence electrons. The predicted octanol–water partition coefficient (Wildman–Crippen LogP) is 7.69. The van der Waals surface area contributed by atoms with E-state index >= 15 is 0 Å². The van der Waals surface area contributed by atoms with Gasteiger partial charge in [-0.3, -0.25) is 9.69 Å². The van der Waals surface area contributed by atoms with Crippen molar-refractivity contribution in [1.82, 2.24) is 4.90 Å². The highest BCUT2D eigenvalue weighted by molar-refractivity contribution is 6.99. The standard InChI is InChI=1S/C42H57N3O2Si/c1-32-31-35(43-28-22-34(23-29-43)44-27-12-13-33(44)2)18-19-39(32)45-30-26-42(40(45)46)24-20-36(21-25-42)47-48(41(3,4)5,37-14-8-6-9-15-37)38-16-10-7-11-17-38/h6-11,14-19,31,33-34,36H,12-13,20-30H2,1-5H3/t33-,36?,42?/m0/s1. The molecule has 3 aliphatic heterocycles. The minimum absolute atomic E-state index is 0.0448. The quantitative estimate of drug-likeness (QED) is 0.243. The zero-order valence-corrected chi connectivity index (χ0v) is 31.1. The number of hydrogen-bond donors (Lipinski definition) is 0. The highest BCUT2D eigenvalue weighted by Gasteiger charge is 2.54. The number of piperidine rings is 1. The predicted molar refractivity (Wildman–Crippen MR) is 202 cm³/mol. The van der Waals surface area contributed by atoms with Crippen molar-refractivity contribution in [3.05, 3.63) is 84.4 Å². The number of likely N-dealkylation sites (tertiary alicyclic amines) is 1. The van der Waals surface area contributed by atoms with Crippen molar-refractivity contribution in [3.63, 3.8) is 0 Å². The molecule has 0 N–H and O–H groups in total. The van der Waals surface area contributed by atoms with E-state index in [9.17, 15) is 4.79 Å². The number of anilines is 2. The topological polar surface area (TPSA) is 36.0 Å². The van der Waals surface area contributed by atoms with Crippen LogP contribution in [0.15, 0.2) is 78.9 Å². The van der Waals surface area contributed by atoms with E-state index in [0.717, 1.165) is 69.5 Å². The SMILES string of the molecule is Cc1cc(N2CCC(N3CCC[C@@H]3C)CC2)ccc1N1CCC2(CCC(O[Si](c3ccccc3)(c3ccccc3)C(C)(C)C)CC2)C1=O. The molecule has 1 atom stereocenters. The number of hydrogen-bond acceptors (Lipinski definition) is 4. The van der Waals surface area contributed by atoms with Gasteiger partial charge in [0.1, 0.15) is 0 Å². The summed E-state index contributed by atoms with van der Waals surface area (Å²) in [5.74, 6) is 0.336. The van der Waals surface area contributed by atoms with E-state index in [4.69, 9.17) is 4.43 Å². The summed E-state index contributed by atoms with van der Waals surface area (Å²) in [4.78, 5) is 21.7. The molecule has 5 nitrogen and oxygen atoms in total. The molecule has 3 heterocycles.